The van der Waals surface area contributed by atoms with Crippen LogP contribution in [-0.2, 0) is 19.0 Å². The Balaban J connectivity index is 1.82. The third-order valence-electron chi connectivity index (χ3n) is 4.71. The monoisotopic (exact) mass is 396 g/mol. The second-order valence-electron chi connectivity index (χ2n) is 6.49. The van der Waals surface area contributed by atoms with Crippen molar-refractivity contribution in [1.29, 1.82) is 0 Å². The molecule has 1 unspecified atom stereocenters. The molecule has 2 heterocycles. The smallest absolute Gasteiger partial charge is 0.356 e. The third-order valence-corrected chi connectivity index (χ3v) is 4.95. The molecule has 2 aromatic rings. The minimum Gasteiger partial charge on any atom is -0.464 e. The van der Waals surface area contributed by atoms with Crippen molar-refractivity contribution in [3.63, 3.8) is 0 Å². The van der Waals surface area contributed by atoms with E-state index in [1.165, 1.54) is 7.11 Å². The molecule has 1 aliphatic heterocycles. The van der Waals surface area contributed by atoms with Crippen LogP contribution in [0.15, 0.2) is 18.2 Å². The van der Waals surface area contributed by atoms with Crippen LogP contribution in [0.1, 0.15) is 17.4 Å². The number of halogens is 1. The van der Waals surface area contributed by atoms with Gasteiger partial charge in [-0.15, -0.1) is 0 Å². The Hall–Kier alpha value is -2.13. The van der Waals surface area contributed by atoms with Crippen molar-refractivity contribution in [1.82, 2.24) is 4.98 Å². The number of H-pyrrole nitrogens is 1. The van der Waals surface area contributed by atoms with E-state index in [1.807, 2.05) is 7.05 Å². The van der Waals surface area contributed by atoms with Gasteiger partial charge in [-0.1, -0.05) is 11.6 Å². The van der Waals surface area contributed by atoms with Crippen LogP contribution >= 0.6 is 11.6 Å². The van der Waals surface area contributed by atoms with Gasteiger partial charge in [-0.25, -0.2) is 4.79 Å². The Morgan fingerprint density at radius 1 is 1.41 bits per heavy atom. The highest BCUT2D eigenvalue weighted by Gasteiger charge is 2.29. The van der Waals surface area contributed by atoms with Gasteiger partial charge < -0.3 is 29.4 Å². The highest BCUT2D eigenvalue weighted by molar-refractivity contribution is 6.31. The molecule has 27 heavy (non-hydrogen) atoms. The second-order valence-corrected chi connectivity index (χ2v) is 6.93. The molecular weight excluding hydrogens is 374 g/mol. The van der Waals surface area contributed by atoms with Crippen molar-refractivity contribution in [2.45, 2.75) is 19.3 Å². The van der Waals surface area contributed by atoms with Gasteiger partial charge in [-0.05, 0) is 25.1 Å². The van der Waals surface area contributed by atoms with E-state index < -0.39 is 12.0 Å². The first-order valence-corrected chi connectivity index (χ1v) is 9.04. The van der Waals surface area contributed by atoms with E-state index in [0.717, 1.165) is 4.90 Å². The summed E-state index contributed by atoms with van der Waals surface area (Å²) in [5, 5.41) is 3.99. The molecule has 1 aliphatic rings. The highest BCUT2D eigenvalue weighted by Crippen LogP contribution is 2.30. The zero-order valence-electron chi connectivity index (χ0n) is 15.4. The molecule has 0 saturated carbocycles. The van der Waals surface area contributed by atoms with Crippen molar-refractivity contribution >= 4 is 40.1 Å². The SMILES string of the molecule is COC(=O)c1[nH]c2ccc(Cl)cc2c1NC(=O)[C@H](C)[NH+](C)CC1OCCO1. The average Bonchev–Trinajstić information content (AvgIpc) is 3.28. The summed E-state index contributed by atoms with van der Waals surface area (Å²) in [4.78, 5) is 28.8. The zero-order chi connectivity index (χ0) is 19.6. The van der Waals surface area contributed by atoms with E-state index in [0.29, 0.717) is 41.4 Å². The molecule has 8 nitrogen and oxygen atoms in total. The molecular formula is C18H23ClN3O5+. The Labute approximate surface area is 161 Å². The molecule has 0 spiro atoms. The van der Waals surface area contributed by atoms with E-state index in [2.05, 4.69) is 10.3 Å². The number of rotatable bonds is 6. The number of carbonyl (C=O) groups is 2. The van der Waals surface area contributed by atoms with Crippen LogP contribution < -0.4 is 10.2 Å². The van der Waals surface area contributed by atoms with Crippen LogP contribution in [-0.4, -0.2) is 63.1 Å². The standard InChI is InChI=1S/C18H22ClN3O5/c1-10(22(2)9-14-26-6-7-27-14)17(23)21-15-12-8-11(19)4-5-13(12)20-16(15)18(24)25-3/h4-5,8,10,14,20H,6-7,9H2,1-3H3,(H,21,23)/p+1/t10-/m0/s1. The maximum atomic E-state index is 12.8. The molecule has 1 amide bonds. The number of hydrogen-bond acceptors (Lipinski definition) is 5. The summed E-state index contributed by atoms with van der Waals surface area (Å²) in [6.45, 7) is 3.48. The van der Waals surface area contributed by atoms with Crippen molar-refractivity contribution in [2.24, 2.45) is 0 Å². The summed E-state index contributed by atoms with van der Waals surface area (Å²) in [6.07, 6.45) is -0.308. The van der Waals surface area contributed by atoms with Crippen molar-refractivity contribution in [2.75, 3.05) is 39.2 Å². The van der Waals surface area contributed by atoms with Crippen LogP contribution in [0.5, 0.6) is 0 Å². The fourth-order valence-electron chi connectivity index (χ4n) is 2.97. The molecule has 9 heteroatoms. The number of nitrogens with one attached hydrogen (secondary N) is 3. The number of methoxy groups -OCH3 is 1. The highest BCUT2D eigenvalue weighted by atomic mass is 35.5. The van der Waals surface area contributed by atoms with Gasteiger partial charge >= 0.3 is 5.97 Å². The first-order valence-electron chi connectivity index (χ1n) is 8.66. The molecule has 3 N–H and O–H groups in total. The number of likely N-dealkylation sites (N-methyl/N-ethyl adjacent to an activating group) is 1. The van der Waals surface area contributed by atoms with Gasteiger partial charge in [0.25, 0.3) is 5.91 Å². The van der Waals surface area contributed by atoms with Gasteiger partial charge in [0.2, 0.25) is 6.29 Å². The van der Waals surface area contributed by atoms with Crippen LogP contribution in [0.2, 0.25) is 5.02 Å². The van der Waals surface area contributed by atoms with Gasteiger partial charge in [0.05, 0.1) is 33.1 Å². The minimum atomic E-state index is -0.571. The third kappa shape index (κ3) is 4.24. The van der Waals surface area contributed by atoms with Gasteiger partial charge in [-0.3, -0.25) is 4.79 Å². The van der Waals surface area contributed by atoms with Gasteiger partial charge in [0.15, 0.2) is 6.04 Å². The molecule has 1 aromatic carbocycles. The Bertz CT molecular complexity index is 847. The molecule has 2 atom stereocenters. The fourth-order valence-corrected chi connectivity index (χ4v) is 3.14. The van der Waals surface area contributed by atoms with E-state index in [4.69, 9.17) is 25.8 Å². The molecule has 146 valence electrons. The number of fused-ring (bicyclic) bond motifs is 1. The van der Waals surface area contributed by atoms with Crippen molar-refractivity contribution in [3.8, 4) is 0 Å². The predicted octanol–water partition coefficient (Wildman–Crippen LogP) is 0.823. The first-order chi connectivity index (χ1) is 12.9. The van der Waals surface area contributed by atoms with E-state index in [9.17, 15) is 9.59 Å². The van der Waals surface area contributed by atoms with Crippen LogP contribution in [0.3, 0.4) is 0 Å². The number of amides is 1. The number of benzene rings is 1. The average molecular weight is 397 g/mol. The second kappa shape index (κ2) is 8.26. The number of aromatic amines is 1. The molecule has 0 radical (unpaired) electrons. The molecule has 1 saturated heterocycles. The van der Waals surface area contributed by atoms with E-state index in [1.54, 1.807) is 25.1 Å². The quantitative estimate of drug-likeness (QED) is 0.628. The van der Waals surface area contributed by atoms with Crippen LogP contribution in [0, 0.1) is 0 Å². The molecule has 1 aromatic heterocycles. The number of quaternary nitrogens is 1. The summed E-state index contributed by atoms with van der Waals surface area (Å²) < 4.78 is 15.7. The normalized spacial score (nSPS) is 17.0. The minimum absolute atomic E-state index is 0.176. The number of aromatic nitrogens is 1. The summed E-state index contributed by atoms with van der Waals surface area (Å²) in [7, 11) is 3.18. The maximum Gasteiger partial charge on any atom is 0.356 e. The lowest BCUT2D eigenvalue weighted by molar-refractivity contribution is -0.899. The Morgan fingerprint density at radius 3 is 2.78 bits per heavy atom. The van der Waals surface area contributed by atoms with E-state index >= 15 is 0 Å². The number of esters is 1. The lowest BCUT2D eigenvalue weighted by atomic mass is 10.2. The van der Waals surface area contributed by atoms with Gasteiger partial charge in [0.1, 0.15) is 12.2 Å². The lowest BCUT2D eigenvalue weighted by Gasteiger charge is -2.23. The van der Waals surface area contributed by atoms with E-state index in [-0.39, 0.29) is 17.9 Å². The predicted molar refractivity (Wildman–Crippen MR) is 100 cm³/mol. The summed E-state index contributed by atoms with van der Waals surface area (Å²) in [6, 6.07) is 4.74. The summed E-state index contributed by atoms with van der Waals surface area (Å²) >= 11 is 6.08. The van der Waals surface area contributed by atoms with Crippen molar-refractivity contribution < 1.29 is 28.7 Å². The summed E-state index contributed by atoms with van der Waals surface area (Å²) in [5.74, 6) is -0.810. The zero-order valence-corrected chi connectivity index (χ0v) is 16.2. The summed E-state index contributed by atoms with van der Waals surface area (Å²) in [5.41, 5.74) is 1.21. The molecule has 0 bridgehead atoms. The topological polar surface area (TPSA) is 94.1 Å². The van der Waals surface area contributed by atoms with Crippen LogP contribution in [0.25, 0.3) is 10.9 Å². The number of hydrogen-bond donors (Lipinski definition) is 3. The fraction of sp³-hybridized carbons (Fsp3) is 0.444. The lowest BCUT2D eigenvalue weighted by Crippen LogP contribution is -3.15. The molecule has 3 rings (SSSR count). The number of carbonyl (C=O) groups excluding carboxylic acids is 2. The maximum absolute atomic E-state index is 12.8. The van der Waals surface area contributed by atoms with Crippen molar-refractivity contribution in [3.05, 3.63) is 28.9 Å². The first kappa shape index (κ1) is 19.6. The largest absolute Gasteiger partial charge is 0.464 e. The number of anilines is 1. The van der Waals surface area contributed by atoms with Gasteiger partial charge in [-0.2, -0.15) is 0 Å². The molecule has 1 fully saturated rings. The number of ether oxygens (including phenoxy) is 3. The Morgan fingerprint density at radius 2 is 2.11 bits per heavy atom. The van der Waals surface area contributed by atoms with Gasteiger partial charge in [0, 0.05) is 15.9 Å². The van der Waals surface area contributed by atoms with Crippen LogP contribution in [0.4, 0.5) is 5.69 Å². The Kier molecular flexibility index (Phi) is 6.01. The molecule has 0 aliphatic carbocycles.